The van der Waals surface area contributed by atoms with E-state index in [2.05, 4.69) is 11.6 Å². The number of ether oxygens (including phenoxy) is 1. The standard InChI is InChI=1S/C16H16N2O2/c1-3-4-11(7-8-17)15-10-12-9-13(20-2)5-6-14(12)16(19)18-15/h3-10H,1,17H2,2H3,(H,18,19)/b8-7-,11-4+. The molecule has 4 heteroatoms. The Morgan fingerprint density at radius 3 is 2.85 bits per heavy atom. The normalized spacial score (nSPS) is 11.9. The zero-order chi connectivity index (χ0) is 14.5. The number of rotatable bonds is 4. The number of nitrogens with two attached hydrogens (primary N) is 1. The summed E-state index contributed by atoms with van der Waals surface area (Å²) in [5.74, 6) is 0.706. The third-order valence-electron chi connectivity index (χ3n) is 2.94. The van der Waals surface area contributed by atoms with E-state index >= 15 is 0 Å². The Morgan fingerprint density at radius 2 is 2.20 bits per heavy atom. The van der Waals surface area contributed by atoms with Crippen molar-refractivity contribution in [3.8, 4) is 5.75 Å². The molecular weight excluding hydrogens is 252 g/mol. The Balaban J connectivity index is 2.69. The lowest BCUT2D eigenvalue weighted by Gasteiger charge is -2.06. The number of aromatic nitrogens is 1. The third-order valence-corrected chi connectivity index (χ3v) is 2.94. The van der Waals surface area contributed by atoms with Crippen molar-refractivity contribution in [2.24, 2.45) is 5.73 Å². The van der Waals surface area contributed by atoms with Gasteiger partial charge < -0.3 is 15.5 Å². The number of allylic oxidation sites excluding steroid dienone is 4. The lowest BCUT2D eigenvalue weighted by atomic mass is 10.1. The molecule has 0 amide bonds. The fourth-order valence-electron chi connectivity index (χ4n) is 2.00. The number of pyridine rings is 1. The average Bonchev–Trinajstić information content (AvgIpc) is 2.46. The number of aromatic amines is 1. The summed E-state index contributed by atoms with van der Waals surface area (Å²) in [6.45, 7) is 3.66. The molecule has 1 aromatic heterocycles. The van der Waals surface area contributed by atoms with E-state index in [9.17, 15) is 4.79 Å². The molecule has 0 fully saturated rings. The monoisotopic (exact) mass is 268 g/mol. The first-order valence-corrected chi connectivity index (χ1v) is 6.12. The zero-order valence-corrected chi connectivity index (χ0v) is 11.2. The summed E-state index contributed by atoms with van der Waals surface area (Å²) in [6.07, 6.45) is 6.55. The van der Waals surface area contributed by atoms with Crippen molar-refractivity contribution in [2.75, 3.05) is 7.11 Å². The van der Waals surface area contributed by atoms with Crippen LogP contribution in [0, 0.1) is 0 Å². The molecule has 1 heterocycles. The van der Waals surface area contributed by atoms with Gasteiger partial charge in [-0.05, 0) is 47.5 Å². The van der Waals surface area contributed by atoms with Gasteiger partial charge in [-0.3, -0.25) is 4.79 Å². The van der Waals surface area contributed by atoms with Crippen molar-refractivity contribution in [2.45, 2.75) is 0 Å². The van der Waals surface area contributed by atoms with Crippen LogP contribution in [0.25, 0.3) is 16.3 Å². The maximum Gasteiger partial charge on any atom is 0.256 e. The topological polar surface area (TPSA) is 68.1 Å². The van der Waals surface area contributed by atoms with Crippen molar-refractivity contribution in [3.05, 3.63) is 71.3 Å². The highest BCUT2D eigenvalue weighted by molar-refractivity contribution is 5.87. The molecule has 0 aliphatic carbocycles. The quantitative estimate of drug-likeness (QED) is 0.837. The molecule has 0 saturated heterocycles. The summed E-state index contributed by atoms with van der Waals surface area (Å²) >= 11 is 0. The molecule has 0 atom stereocenters. The predicted octanol–water partition coefficient (Wildman–Crippen LogP) is 2.58. The van der Waals surface area contributed by atoms with Crippen molar-refractivity contribution in [3.63, 3.8) is 0 Å². The van der Waals surface area contributed by atoms with Gasteiger partial charge in [-0.15, -0.1) is 0 Å². The molecule has 1 aromatic carbocycles. The summed E-state index contributed by atoms with van der Waals surface area (Å²) < 4.78 is 5.18. The van der Waals surface area contributed by atoms with E-state index in [1.165, 1.54) is 6.20 Å². The Labute approximate surface area is 116 Å². The summed E-state index contributed by atoms with van der Waals surface area (Å²) in [5.41, 5.74) is 6.73. The van der Waals surface area contributed by atoms with Crippen LogP contribution in [0.3, 0.4) is 0 Å². The SMILES string of the molecule is C=C/C=C(\C=C/N)c1cc2cc(OC)ccc2c(=O)[nH]1. The van der Waals surface area contributed by atoms with E-state index in [-0.39, 0.29) is 5.56 Å². The minimum atomic E-state index is -0.152. The molecule has 2 aromatic rings. The molecule has 20 heavy (non-hydrogen) atoms. The molecule has 0 bridgehead atoms. The van der Waals surface area contributed by atoms with E-state index < -0.39 is 0 Å². The highest BCUT2D eigenvalue weighted by Crippen LogP contribution is 2.21. The summed E-state index contributed by atoms with van der Waals surface area (Å²) in [7, 11) is 1.59. The lowest BCUT2D eigenvalue weighted by Crippen LogP contribution is -2.08. The maximum absolute atomic E-state index is 12.1. The van der Waals surface area contributed by atoms with Gasteiger partial charge in [-0.25, -0.2) is 0 Å². The second kappa shape index (κ2) is 5.93. The smallest absolute Gasteiger partial charge is 0.256 e. The molecule has 0 spiro atoms. The van der Waals surface area contributed by atoms with Gasteiger partial charge in [-0.2, -0.15) is 0 Å². The van der Waals surface area contributed by atoms with E-state index in [1.807, 2.05) is 12.1 Å². The van der Waals surface area contributed by atoms with Gasteiger partial charge in [0.2, 0.25) is 0 Å². The van der Waals surface area contributed by atoms with Gasteiger partial charge >= 0.3 is 0 Å². The Hall–Kier alpha value is -2.75. The molecular formula is C16H16N2O2. The molecule has 0 aliphatic rings. The van der Waals surface area contributed by atoms with Crippen molar-refractivity contribution in [1.29, 1.82) is 0 Å². The molecule has 0 saturated carbocycles. The minimum Gasteiger partial charge on any atom is -0.497 e. The fourth-order valence-corrected chi connectivity index (χ4v) is 2.00. The van der Waals surface area contributed by atoms with Crippen LogP contribution in [0.2, 0.25) is 0 Å². The molecule has 4 nitrogen and oxygen atoms in total. The van der Waals surface area contributed by atoms with Gasteiger partial charge in [-0.1, -0.05) is 18.7 Å². The van der Waals surface area contributed by atoms with E-state index in [0.29, 0.717) is 16.8 Å². The summed E-state index contributed by atoms with van der Waals surface area (Å²) in [4.78, 5) is 14.9. The minimum absolute atomic E-state index is 0.152. The van der Waals surface area contributed by atoms with Crippen LogP contribution in [0.4, 0.5) is 0 Å². The molecule has 2 rings (SSSR count). The van der Waals surface area contributed by atoms with Crippen LogP contribution in [-0.4, -0.2) is 12.1 Å². The lowest BCUT2D eigenvalue weighted by molar-refractivity contribution is 0.415. The Morgan fingerprint density at radius 1 is 1.40 bits per heavy atom. The van der Waals surface area contributed by atoms with Gasteiger partial charge in [0.25, 0.3) is 5.56 Å². The first-order valence-electron chi connectivity index (χ1n) is 6.12. The number of benzene rings is 1. The van der Waals surface area contributed by atoms with Gasteiger partial charge in [0.05, 0.1) is 7.11 Å². The molecule has 0 aliphatic heterocycles. The number of hydrogen-bond acceptors (Lipinski definition) is 3. The first kappa shape index (κ1) is 13.7. The van der Waals surface area contributed by atoms with Gasteiger partial charge in [0.15, 0.2) is 0 Å². The maximum atomic E-state index is 12.1. The van der Waals surface area contributed by atoms with Crippen LogP contribution >= 0.6 is 0 Å². The molecule has 3 N–H and O–H groups in total. The van der Waals surface area contributed by atoms with Crippen molar-refractivity contribution >= 4 is 16.3 Å². The fraction of sp³-hybridized carbons (Fsp3) is 0.0625. The third kappa shape index (κ3) is 2.64. The summed E-state index contributed by atoms with van der Waals surface area (Å²) in [5, 5.41) is 1.42. The summed E-state index contributed by atoms with van der Waals surface area (Å²) in [6, 6.07) is 7.21. The van der Waals surface area contributed by atoms with Crippen molar-refractivity contribution < 1.29 is 4.74 Å². The van der Waals surface area contributed by atoms with E-state index in [4.69, 9.17) is 10.5 Å². The van der Waals surface area contributed by atoms with Crippen LogP contribution < -0.4 is 16.0 Å². The predicted molar refractivity (Wildman–Crippen MR) is 82.6 cm³/mol. The number of H-pyrrole nitrogens is 1. The largest absolute Gasteiger partial charge is 0.497 e. The highest BCUT2D eigenvalue weighted by Gasteiger charge is 2.05. The van der Waals surface area contributed by atoms with Crippen LogP contribution in [0.15, 0.2) is 60.1 Å². The number of nitrogens with one attached hydrogen (secondary N) is 1. The number of hydrogen-bond donors (Lipinski definition) is 2. The number of fused-ring (bicyclic) bond motifs is 1. The van der Waals surface area contributed by atoms with E-state index in [0.717, 1.165) is 11.0 Å². The average molecular weight is 268 g/mol. The molecule has 102 valence electrons. The van der Waals surface area contributed by atoms with Crippen LogP contribution in [0.1, 0.15) is 5.69 Å². The second-order valence-corrected chi connectivity index (χ2v) is 4.18. The first-order chi connectivity index (χ1) is 9.69. The zero-order valence-electron chi connectivity index (χ0n) is 11.2. The van der Waals surface area contributed by atoms with E-state index in [1.54, 1.807) is 37.5 Å². The van der Waals surface area contributed by atoms with Crippen molar-refractivity contribution in [1.82, 2.24) is 4.98 Å². The number of methoxy groups -OCH3 is 1. The Kier molecular flexibility index (Phi) is 4.05. The molecule has 0 unspecified atom stereocenters. The van der Waals surface area contributed by atoms with Gasteiger partial charge in [0, 0.05) is 11.1 Å². The van der Waals surface area contributed by atoms with Gasteiger partial charge in [0.1, 0.15) is 5.75 Å². The highest BCUT2D eigenvalue weighted by atomic mass is 16.5. The molecule has 0 radical (unpaired) electrons. The van der Waals surface area contributed by atoms with Crippen LogP contribution in [0.5, 0.6) is 5.75 Å². The second-order valence-electron chi connectivity index (χ2n) is 4.18. The van der Waals surface area contributed by atoms with Crippen LogP contribution in [-0.2, 0) is 0 Å². The Bertz CT molecular complexity index is 755.